The van der Waals surface area contributed by atoms with Gasteiger partial charge in [-0.15, -0.1) is 6.58 Å². The zero-order valence-corrected chi connectivity index (χ0v) is 14.6. The highest BCUT2D eigenvalue weighted by Gasteiger charge is 2.45. The SMILES string of the molecule is C=CCN1C(SCc2ccc(OC)cc2)=N[C@@H]2CS(=O)(=O)C[C@H]21. The van der Waals surface area contributed by atoms with Crippen LogP contribution in [0.1, 0.15) is 5.56 Å². The number of benzene rings is 1. The van der Waals surface area contributed by atoms with Crippen LogP contribution in [0.25, 0.3) is 0 Å². The summed E-state index contributed by atoms with van der Waals surface area (Å²) < 4.78 is 28.8. The molecule has 23 heavy (non-hydrogen) atoms. The van der Waals surface area contributed by atoms with Gasteiger partial charge in [0.1, 0.15) is 5.75 Å². The second-order valence-electron chi connectivity index (χ2n) is 5.70. The number of ether oxygens (including phenoxy) is 1. The molecule has 0 amide bonds. The van der Waals surface area contributed by atoms with Gasteiger partial charge in [-0.25, -0.2) is 8.42 Å². The van der Waals surface area contributed by atoms with E-state index in [1.54, 1.807) is 24.9 Å². The standard InChI is InChI=1S/C16H20N2O3S2/c1-3-8-18-15-11-23(19,20)10-14(15)17-16(18)22-9-12-4-6-13(21-2)7-5-12/h3-7,14-15H,1,8-11H2,2H3/t14-,15-/m1/s1. The van der Waals surface area contributed by atoms with E-state index in [4.69, 9.17) is 4.74 Å². The fourth-order valence-corrected chi connectivity index (χ4v) is 5.88. The molecular weight excluding hydrogens is 332 g/mol. The first-order valence-corrected chi connectivity index (χ1v) is 10.2. The van der Waals surface area contributed by atoms with Gasteiger partial charge in [-0.1, -0.05) is 30.0 Å². The number of fused-ring (bicyclic) bond motifs is 1. The molecule has 0 radical (unpaired) electrons. The summed E-state index contributed by atoms with van der Waals surface area (Å²) in [6.45, 7) is 4.41. The lowest BCUT2D eigenvalue weighted by molar-refractivity contribution is 0.379. The van der Waals surface area contributed by atoms with Crippen molar-refractivity contribution in [2.75, 3.05) is 25.2 Å². The lowest BCUT2D eigenvalue weighted by Gasteiger charge is -2.24. The fourth-order valence-electron chi connectivity index (χ4n) is 2.93. The van der Waals surface area contributed by atoms with Crippen molar-refractivity contribution < 1.29 is 13.2 Å². The molecule has 2 atom stereocenters. The fraction of sp³-hybridized carbons (Fsp3) is 0.438. The minimum atomic E-state index is -2.96. The van der Waals surface area contributed by atoms with Crippen LogP contribution in [0, 0.1) is 0 Å². The lowest BCUT2D eigenvalue weighted by Crippen LogP contribution is -2.39. The first kappa shape index (κ1) is 16.4. The first-order chi connectivity index (χ1) is 11.0. The van der Waals surface area contributed by atoms with Crippen LogP contribution in [0.2, 0.25) is 0 Å². The van der Waals surface area contributed by atoms with Crippen LogP contribution in [0.15, 0.2) is 41.9 Å². The van der Waals surface area contributed by atoms with Crippen molar-refractivity contribution in [3.05, 3.63) is 42.5 Å². The van der Waals surface area contributed by atoms with Crippen molar-refractivity contribution in [3.63, 3.8) is 0 Å². The molecule has 3 rings (SSSR count). The van der Waals surface area contributed by atoms with E-state index in [1.165, 1.54) is 5.56 Å². The lowest BCUT2D eigenvalue weighted by atomic mass is 10.2. The molecule has 2 aliphatic rings. The Morgan fingerprint density at radius 2 is 2.13 bits per heavy atom. The van der Waals surface area contributed by atoms with Crippen LogP contribution < -0.4 is 4.74 Å². The molecule has 0 spiro atoms. The summed E-state index contributed by atoms with van der Waals surface area (Å²) in [4.78, 5) is 6.73. The Morgan fingerprint density at radius 1 is 1.39 bits per heavy atom. The number of thioether (sulfide) groups is 1. The largest absolute Gasteiger partial charge is 0.497 e. The minimum absolute atomic E-state index is 0.0311. The normalized spacial score (nSPS) is 25.1. The molecule has 2 aliphatic heterocycles. The Morgan fingerprint density at radius 3 is 2.78 bits per heavy atom. The average Bonchev–Trinajstić information content (AvgIpc) is 2.99. The Kier molecular flexibility index (Phi) is 4.68. The van der Waals surface area contributed by atoms with Gasteiger partial charge in [-0.2, -0.15) is 0 Å². The molecule has 124 valence electrons. The van der Waals surface area contributed by atoms with Gasteiger partial charge in [-0.05, 0) is 17.7 Å². The van der Waals surface area contributed by atoms with E-state index < -0.39 is 9.84 Å². The van der Waals surface area contributed by atoms with Gasteiger partial charge in [0.2, 0.25) is 0 Å². The number of sulfone groups is 1. The van der Waals surface area contributed by atoms with Gasteiger partial charge in [0.25, 0.3) is 0 Å². The molecule has 2 heterocycles. The van der Waals surface area contributed by atoms with Crippen molar-refractivity contribution in [2.45, 2.75) is 17.8 Å². The summed E-state index contributed by atoms with van der Waals surface area (Å²) in [5, 5.41) is 0.922. The maximum atomic E-state index is 11.8. The van der Waals surface area contributed by atoms with E-state index in [2.05, 4.69) is 16.5 Å². The predicted octanol–water partition coefficient (Wildman–Crippen LogP) is 1.95. The van der Waals surface area contributed by atoms with Crippen molar-refractivity contribution in [3.8, 4) is 5.75 Å². The van der Waals surface area contributed by atoms with Crippen molar-refractivity contribution in [2.24, 2.45) is 4.99 Å². The summed E-state index contributed by atoms with van der Waals surface area (Å²) in [5.41, 5.74) is 1.18. The second kappa shape index (κ2) is 6.57. The zero-order chi connectivity index (χ0) is 16.4. The topological polar surface area (TPSA) is 59.0 Å². The molecule has 0 aromatic heterocycles. The van der Waals surface area contributed by atoms with Crippen molar-refractivity contribution >= 4 is 26.8 Å². The third-order valence-electron chi connectivity index (χ3n) is 4.07. The molecule has 0 N–H and O–H groups in total. The monoisotopic (exact) mass is 352 g/mol. The zero-order valence-electron chi connectivity index (χ0n) is 13.0. The summed E-state index contributed by atoms with van der Waals surface area (Å²) in [6.07, 6.45) is 1.80. The summed E-state index contributed by atoms with van der Waals surface area (Å²) in [7, 11) is -1.31. The van der Waals surface area contributed by atoms with Crippen LogP contribution in [0.4, 0.5) is 0 Å². The Balaban J connectivity index is 1.69. The number of hydrogen-bond acceptors (Lipinski definition) is 6. The quantitative estimate of drug-likeness (QED) is 0.758. The maximum absolute atomic E-state index is 11.8. The van der Waals surface area contributed by atoms with Crippen LogP contribution in [-0.4, -0.2) is 55.7 Å². The number of amidine groups is 1. The molecular formula is C16H20N2O3S2. The van der Waals surface area contributed by atoms with Crippen molar-refractivity contribution in [1.29, 1.82) is 0 Å². The summed E-state index contributed by atoms with van der Waals surface area (Å²) in [5.74, 6) is 1.99. The van der Waals surface area contributed by atoms with Crippen LogP contribution in [0.3, 0.4) is 0 Å². The van der Waals surface area contributed by atoms with Gasteiger partial charge >= 0.3 is 0 Å². The molecule has 1 aromatic rings. The highest BCUT2D eigenvalue weighted by Crippen LogP contribution is 2.32. The second-order valence-corrected chi connectivity index (χ2v) is 8.80. The molecule has 0 bridgehead atoms. The van der Waals surface area contributed by atoms with Crippen molar-refractivity contribution in [1.82, 2.24) is 4.90 Å². The van der Waals surface area contributed by atoms with Gasteiger partial charge in [0.15, 0.2) is 15.0 Å². The van der Waals surface area contributed by atoms with E-state index in [9.17, 15) is 8.42 Å². The van der Waals surface area contributed by atoms with Gasteiger partial charge in [0.05, 0.1) is 30.7 Å². The van der Waals surface area contributed by atoms with Crippen LogP contribution in [-0.2, 0) is 15.6 Å². The maximum Gasteiger partial charge on any atom is 0.160 e. The highest BCUT2D eigenvalue weighted by atomic mass is 32.2. The molecule has 7 heteroatoms. The van der Waals surface area contributed by atoms with Crippen LogP contribution >= 0.6 is 11.8 Å². The molecule has 5 nitrogen and oxygen atoms in total. The smallest absolute Gasteiger partial charge is 0.160 e. The van der Waals surface area contributed by atoms with E-state index in [0.717, 1.165) is 16.7 Å². The number of nitrogens with zero attached hydrogens (tertiary/aromatic N) is 2. The number of rotatable bonds is 5. The molecule has 0 aliphatic carbocycles. The first-order valence-electron chi connectivity index (χ1n) is 7.44. The van der Waals surface area contributed by atoms with Gasteiger partial charge < -0.3 is 9.64 Å². The van der Waals surface area contributed by atoms with E-state index >= 15 is 0 Å². The number of methoxy groups -OCH3 is 1. The summed E-state index contributed by atoms with van der Waals surface area (Å²) >= 11 is 1.65. The summed E-state index contributed by atoms with van der Waals surface area (Å²) in [6, 6.07) is 7.79. The molecule has 1 saturated heterocycles. The van der Waals surface area contributed by atoms with Gasteiger partial charge in [0, 0.05) is 12.3 Å². The Bertz CT molecular complexity index is 713. The third kappa shape index (κ3) is 3.55. The van der Waals surface area contributed by atoms with E-state index in [0.29, 0.717) is 6.54 Å². The molecule has 1 aromatic carbocycles. The minimum Gasteiger partial charge on any atom is -0.497 e. The third-order valence-corrected chi connectivity index (χ3v) is 6.84. The molecule has 0 saturated carbocycles. The molecule has 0 unspecified atom stereocenters. The highest BCUT2D eigenvalue weighted by molar-refractivity contribution is 8.13. The van der Waals surface area contributed by atoms with Crippen LogP contribution in [0.5, 0.6) is 5.75 Å². The number of aliphatic imine (C=N–C) groups is 1. The van der Waals surface area contributed by atoms with E-state index in [-0.39, 0.29) is 23.6 Å². The average molecular weight is 352 g/mol. The van der Waals surface area contributed by atoms with E-state index in [1.807, 2.05) is 24.3 Å². The Labute approximate surface area is 141 Å². The Hall–Kier alpha value is -1.47. The van der Waals surface area contributed by atoms with Gasteiger partial charge in [-0.3, -0.25) is 4.99 Å². The predicted molar refractivity (Wildman–Crippen MR) is 94.9 cm³/mol. The molecule has 1 fully saturated rings. The number of hydrogen-bond donors (Lipinski definition) is 0.